The minimum atomic E-state index is -0.266. The molecule has 0 rings (SSSR count). The van der Waals surface area contributed by atoms with E-state index in [1.54, 1.807) is 0 Å². The van der Waals surface area contributed by atoms with E-state index in [4.69, 9.17) is 4.74 Å². The topological polar surface area (TPSA) is 38.3 Å². The van der Waals surface area contributed by atoms with Gasteiger partial charge in [-0.3, -0.25) is 4.79 Å². The number of hydrogen-bond donors (Lipinski definition) is 1. The summed E-state index contributed by atoms with van der Waals surface area (Å²) in [6.45, 7) is 32.5. The third kappa shape index (κ3) is 12.5. The van der Waals surface area contributed by atoms with Crippen LogP contribution in [0.25, 0.3) is 0 Å². The van der Waals surface area contributed by atoms with Crippen molar-refractivity contribution in [2.75, 3.05) is 6.61 Å². The van der Waals surface area contributed by atoms with Crippen LogP contribution in [0.5, 0.6) is 0 Å². The van der Waals surface area contributed by atoms with Gasteiger partial charge in [-0.15, -0.1) is 21.0 Å². The van der Waals surface area contributed by atoms with Crippen LogP contribution in [0, 0.1) is 10.8 Å². The molecule has 0 aliphatic heterocycles. The lowest BCUT2D eigenvalue weighted by Crippen LogP contribution is -2.51. The zero-order valence-electron chi connectivity index (χ0n) is 26.0. The smallest absolute Gasteiger partial charge is 0.227 e. The van der Waals surface area contributed by atoms with E-state index < -0.39 is 0 Å². The van der Waals surface area contributed by atoms with Gasteiger partial charge in [0.15, 0.2) is 0 Å². The third-order valence-electron chi connectivity index (χ3n) is 7.82. The number of amides is 1. The zero-order valence-corrected chi connectivity index (χ0v) is 28.0. The summed E-state index contributed by atoms with van der Waals surface area (Å²) in [6, 6.07) is 0. The number of thioether (sulfide) groups is 1. The molecule has 0 saturated carbocycles. The maximum absolute atomic E-state index is 13.3. The first-order valence-electron chi connectivity index (χ1n) is 14.0. The highest BCUT2D eigenvalue weighted by Crippen LogP contribution is 2.45. The number of ether oxygens (including phenoxy) is 1. The van der Waals surface area contributed by atoms with Crippen LogP contribution in [-0.4, -0.2) is 38.8 Å². The van der Waals surface area contributed by atoms with Crippen molar-refractivity contribution in [1.29, 1.82) is 0 Å². The summed E-state index contributed by atoms with van der Waals surface area (Å²) in [5.41, 5.74) is -0.129. The fourth-order valence-corrected chi connectivity index (χ4v) is 8.72. The van der Waals surface area contributed by atoms with E-state index >= 15 is 0 Å². The van der Waals surface area contributed by atoms with Crippen molar-refractivity contribution in [3.8, 4) is 0 Å². The lowest BCUT2D eigenvalue weighted by Gasteiger charge is -2.44. The van der Waals surface area contributed by atoms with Crippen molar-refractivity contribution < 1.29 is 9.53 Å². The van der Waals surface area contributed by atoms with Crippen molar-refractivity contribution in [2.24, 2.45) is 10.8 Å². The summed E-state index contributed by atoms with van der Waals surface area (Å²) in [4.78, 5) is 13.3. The average Bonchev–Trinajstić information content (AvgIpc) is 2.64. The molecular formula is C30H62NO2PS. The Bertz CT molecular complexity index is 655. The Kier molecular flexibility index (Phi) is 13.4. The van der Waals surface area contributed by atoms with Crippen LogP contribution in [-0.2, 0) is 9.53 Å². The first-order valence-corrected chi connectivity index (χ1v) is 15.5. The molecule has 1 amide bonds. The number of rotatable bonds is 16. The van der Waals surface area contributed by atoms with Crippen LogP contribution in [0.1, 0.15) is 142 Å². The van der Waals surface area contributed by atoms with Crippen molar-refractivity contribution in [3.05, 3.63) is 0 Å². The number of carbonyl (C=O) groups is 1. The summed E-state index contributed by atoms with van der Waals surface area (Å²) in [6.07, 6.45) is 6.97. The normalized spacial score (nSPS) is 18.0. The van der Waals surface area contributed by atoms with Gasteiger partial charge in [-0.05, 0) is 63.2 Å². The Labute approximate surface area is 227 Å². The van der Waals surface area contributed by atoms with Gasteiger partial charge in [0.2, 0.25) is 5.91 Å². The minimum absolute atomic E-state index is 0.0119. The van der Waals surface area contributed by atoms with Crippen molar-refractivity contribution >= 4 is 26.9 Å². The first-order chi connectivity index (χ1) is 15.6. The summed E-state index contributed by atoms with van der Waals surface area (Å²) in [7, 11) is 2.82. The van der Waals surface area contributed by atoms with Crippen LogP contribution in [0.2, 0.25) is 0 Å². The van der Waals surface area contributed by atoms with E-state index in [9.17, 15) is 4.79 Å². The van der Waals surface area contributed by atoms with E-state index in [2.05, 4.69) is 111 Å². The van der Waals surface area contributed by atoms with E-state index in [-0.39, 0.29) is 43.0 Å². The molecule has 35 heavy (non-hydrogen) atoms. The second-order valence-corrected chi connectivity index (χ2v) is 17.6. The van der Waals surface area contributed by atoms with Gasteiger partial charge in [0.1, 0.15) is 0 Å². The highest BCUT2D eigenvalue weighted by atomic mass is 32.2. The van der Waals surface area contributed by atoms with Gasteiger partial charge >= 0.3 is 0 Å². The Hall–Kier alpha value is 0.210. The molecule has 0 fully saturated rings. The predicted octanol–water partition coefficient (Wildman–Crippen LogP) is 9.03. The molecular weight excluding hydrogens is 469 g/mol. The Balaban J connectivity index is 5.11. The van der Waals surface area contributed by atoms with Gasteiger partial charge in [0, 0.05) is 21.6 Å². The predicted molar refractivity (Wildman–Crippen MR) is 163 cm³/mol. The third-order valence-corrected chi connectivity index (χ3v) is 9.77. The van der Waals surface area contributed by atoms with Gasteiger partial charge < -0.3 is 10.1 Å². The monoisotopic (exact) mass is 531 g/mol. The molecule has 5 heteroatoms. The largest absolute Gasteiger partial charge is 0.375 e. The van der Waals surface area contributed by atoms with Crippen LogP contribution in [0.3, 0.4) is 0 Å². The summed E-state index contributed by atoms with van der Waals surface area (Å²) < 4.78 is 6.73. The highest BCUT2D eigenvalue weighted by Gasteiger charge is 2.40. The number of hydrogen-bond acceptors (Lipinski definition) is 3. The van der Waals surface area contributed by atoms with Gasteiger partial charge in [-0.25, -0.2) is 0 Å². The standard InChI is InChI=1S/C30H62NO2PS/c1-15-18-26(7,8)30(14,17-3)33-20-19-29(13,16-2)31-24(32)23(34)21-27(9,10)35-28(11,12)22-25(4,5)6/h23H,15-22,34H2,1-14H3,(H,31,32). The summed E-state index contributed by atoms with van der Waals surface area (Å²) in [5, 5.41) is 3.39. The van der Waals surface area contributed by atoms with E-state index in [0.29, 0.717) is 6.61 Å². The molecule has 0 saturated heterocycles. The average molecular weight is 532 g/mol. The molecule has 4 atom stereocenters. The molecule has 0 aliphatic carbocycles. The molecule has 0 bridgehead atoms. The summed E-state index contributed by atoms with van der Waals surface area (Å²) >= 11 is 2.01. The zero-order chi connectivity index (χ0) is 27.9. The lowest BCUT2D eigenvalue weighted by atomic mass is 9.71. The molecule has 0 aromatic heterocycles. The number of carbonyl (C=O) groups excluding carboxylic acids is 1. The van der Waals surface area contributed by atoms with Crippen molar-refractivity contribution in [2.45, 2.75) is 168 Å². The molecule has 0 radical (unpaired) electrons. The fraction of sp³-hybridized carbons (Fsp3) is 0.967. The maximum Gasteiger partial charge on any atom is 0.227 e. The lowest BCUT2D eigenvalue weighted by molar-refractivity contribution is -0.127. The first kappa shape index (κ1) is 35.2. The molecule has 1 N–H and O–H groups in total. The van der Waals surface area contributed by atoms with Gasteiger partial charge in [0.05, 0.1) is 11.3 Å². The molecule has 0 aromatic rings. The quantitative estimate of drug-likeness (QED) is 0.202. The van der Waals surface area contributed by atoms with Crippen LogP contribution >= 0.6 is 21.0 Å². The van der Waals surface area contributed by atoms with Crippen LogP contribution < -0.4 is 5.32 Å². The van der Waals surface area contributed by atoms with E-state index in [1.165, 1.54) is 0 Å². The molecule has 0 aliphatic rings. The molecule has 210 valence electrons. The molecule has 0 spiro atoms. The maximum atomic E-state index is 13.3. The fourth-order valence-electron chi connectivity index (χ4n) is 5.61. The Morgan fingerprint density at radius 2 is 1.40 bits per heavy atom. The Morgan fingerprint density at radius 3 is 1.83 bits per heavy atom. The van der Waals surface area contributed by atoms with Crippen LogP contribution in [0.15, 0.2) is 0 Å². The minimum Gasteiger partial charge on any atom is -0.375 e. The van der Waals surface area contributed by atoms with Crippen molar-refractivity contribution in [3.63, 3.8) is 0 Å². The van der Waals surface area contributed by atoms with Gasteiger partial charge in [-0.1, -0.05) is 89.5 Å². The van der Waals surface area contributed by atoms with E-state index in [0.717, 1.165) is 44.9 Å². The van der Waals surface area contributed by atoms with Crippen molar-refractivity contribution in [1.82, 2.24) is 5.32 Å². The van der Waals surface area contributed by atoms with Crippen LogP contribution in [0.4, 0.5) is 0 Å². The molecule has 4 unspecified atom stereocenters. The van der Waals surface area contributed by atoms with E-state index in [1.807, 2.05) is 11.8 Å². The second kappa shape index (κ2) is 13.3. The Morgan fingerprint density at radius 1 is 0.857 bits per heavy atom. The van der Waals surface area contributed by atoms with Gasteiger partial charge in [-0.2, -0.15) is 0 Å². The second-order valence-electron chi connectivity index (χ2n) is 14.4. The summed E-state index contributed by atoms with van der Waals surface area (Å²) in [5.74, 6) is 0.131. The number of nitrogens with one attached hydrogen (secondary N) is 1. The molecule has 3 nitrogen and oxygen atoms in total. The molecule has 0 aromatic carbocycles. The van der Waals surface area contributed by atoms with Gasteiger partial charge in [0.25, 0.3) is 0 Å². The highest BCUT2D eigenvalue weighted by molar-refractivity contribution is 8.01. The molecule has 0 heterocycles. The SMILES string of the molecule is CCCC(C)(C)C(C)(CC)OCCC(C)(CC)NC(=O)C(P)CC(C)(C)SC(C)(C)CC(C)(C)C.